The molecule has 5 heteroatoms. The summed E-state index contributed by atoms with van der Waals surface area (Å²) in [5.74, 6) is -2.18. The van der Waals surface area contributed by atoms with E-state index in [-0.39, 0.29) is 23.5 Å². The van der Waals surface area contributed by atoms with E-state index < -0.39 is 23.3 Å². The molecule has 0 bridgehead atoms. The summed E-state index contributed by atoms with van der Waals surface area (Å²) >= 11 is 0. The largest absolute Gasteiger partial charge is 0.490 e. The van der Waals surface area contributed by atoms with Gasteiger partial charge in [-0.25, -0.2) is 13.2 Å². The molecule has 0 aromatic heterocycles. The summed E-state index contributed by atoms with van der Waals surface area (Å²) in [5.41, 5.74) is 1.33. The van der Waals surface area contributed by atoms with Crippen LogP contribution in [0.3, 0.4) is 0 Å². The Morgan fingerprint density at radius 2 is 1.20 bits per heavy atom. The Morgan fingerprint density at radius 3 is 1.77 bits per heavy atom. The minimum Gasteiger partial charge on any atom is -0.490 e. The number of halogens is 4. The lowest BCUT2D eigenvalue weighted by Gasteiger charge is -2.30. The first-order valence-corrected chi connectivity index (χ1v) is 13.5. The first-order chi connectivity index (χ1) is 16.9. The maximum atomic E-state index is 14.9. The van der Waals surface area contributed by atoms with Gasteiger partial charge in [0.05, 0.1) is 6.61 Å². The Hall–Kier alpha value is -2.04. The number of hydrogen-bond donors (Lipinski definition) is 0. The molecule has 0 unspecified atom stereocenters. The van der Waals surface area contributed by atoms with Gasteiger partial charge in [0.2, 0.25) is 5.82 Å². The zero-order valence-corrected chi connectivity index (χ0v) is 21.0. The molecule has 2 aliphatic rings. The van der Waals surface area contributed by atoms with Crippen LogP contribution >= 0.6 is 0 Å². The van der Waals surface area contributed by atoms with Gasteiger partial charge >= 0.3 is 0 Å². The zero-order valence-electron chi connectivity index (χ0n) is 21.0. The van der Waals surface area contributed by atoms with Crippen molar-refractivity contribution in [2.45, 2.75) is 96.3 Å². The third-order valence-electron chi connectivity index (χ3n) is 8.39. The average Bonchev–Trinajstić information content (AvgIpc) is 2.88. The van der Waals surface area contributed by atoms with Crippen molar-refractivity contribution < 1.29 is 22.3 Å². The third kappa shape index (κ3) is 5.86. The van der Waals surface area contributed by atoms with Gasteiger partial charge in [-0.1, -0.05) is 44.9 Å². The summed E-state index contributed by atoms with van der Waals surface area (Å²) in [4.78, 5) is 0. The molecule has 1 nitrogen and oxygen atoms in total. The minimum absolute atomic E-state index is 0.0208. The molecule has 0 atom stereocenters. The van der Waals surface area contributed by atoms with Crippen molar-refractivity contribution in [2.75, 3.05) is 6.61 Å². The van der Waals surface area contributed by atoms with Gasteiger partial charge in [0, 0.05) is 0 Å². The Morgan fingerprint density at radius 1 is 0.657 bits per heavy atom. The van der Waals surface area contributed by atoms with Crippen LogP contribution in [-0.4, -0.2) is 6.61 Å². The van der Waals surface area contributed by atoms with Crippen LogP contribution in [0.25, 0.3) is 0 Å². The third-order valence-corrected chi connectivity index (χ3v) is 8.39. The van der Waals surface area contributed by atoms with Crippen molar-refractivity contribution in [3.8, 4) is 5.75 Å². The lowest BCUT2D eigenvalue weighted by molar-refractivity contribution is 0.191. The lowest BCUT2D eigenvalue weighted by Crippen LogP contribution is -2.20. The molecule has 2 fully saturated rings. The molecule has 0 aliphatic heterocycles. The molecule has 0 spiro atoms. The van der Waals surface area contributed by atoms with Crippen LogP contribution in [0.1, 0.15) is 107 Å². The molecular weight excluding hydrogens is 452 g/mol. The van der Waals surface area contributed by atoms with E-state index in [1.165, 1.54) is 12.8 Å². The number of rotatable bonds is 8. The van der Waals surface area contributed by atoms with E-state index in [2.05, 4.69) is 6.92 Å². The zero-order chi connectivity index (χ0) is 24.9. The van der Waals surface area contributed by atoms with E-state index in [1.54, 1.807) is 24.3 Å². The number of benzene rings is 2. The number of aryl methyl sites for hydroxylation is 1. The molecule has 0 radical (unpaired) electrons. The summed E-state index contributed by atoms with van der Waals surface area (Å²) < 4.78 is 64.2. The van der Waals surface area contributed by atoms with E-state index in [9.17, 15) is 17.6 Å². The molecule has 0 amide bonds. The first-order valence-electron chi connectivity index (χ1n) is 13.5. The molecule has 35 heavy (non-hydrogen) atoms. The SMILES string of the molecule is CCCC1CCC(c2ccc(OCC3CCC(c4ccc(CC)c(F)c4F)CC3)c(F)c2F)CC1. The van der Waals surface area contributed by atoms with Crippen molar-refractivity contribution in [1.29, 1.82) is 0 Å². The summed E-state index contributed by atoms with van der Waals surface area (Å²) in [6, 6.07) is 6.67. The quantitative estimate of drug-likeness (QED) is 0.335. The van der Waals surface area contributed by atoms with Gasteiger partial charge in [0.15, 0.2) is 23.2 Å². The monoisotopic (exact) mass is 490 g/mol. The van der Waals surface area contributed by atoms with E-state index >= 15 is 0 Å². The van der Waals surface area contributed by atoms with Crippen LogP contribution < -0.4 is 4.74 Å². The number of hydrogen-bond acceptors (Lipinski definition) is 1. The average molecular weight is 491 g/mol. The highest BCUT2D eigenvalue weighted by atomic mass is 19.2. The highest BCUT2D eigenvalue weighted by Gasteiger charge is 2.28. The second kappa shape index (κ2) is 11.8. The molecule has 192 valence electrons. The highest BCUT2D eigenvalue weighted by molar-refractivity contribution is 5.33. The second-order valence-electron chi connectivity index (χ2n) is 10.6. The Balaban J connectivity index is 1.31. The van der Waals surface area contributed by atoms with E-state index in [4.69, 9.17) is 4.74 Å². The fraction of sp³-hybridized carbons (Fsp3) is 0.600. The smallest absolute Gasteiger partial charge is 0.200 e. The number of ether oxygens (including phenoxy) is 1. The summed E-state index contributed by atoms with van der Waals surface area (Å²) in [6.07, 6.45) is 9.87. The Kier molecular flexibility index (Phi) is 8.77. The van der Waals surface area contributed by atoms with E-state index in [0.717, 1.165) is 51.4 Å². The van der Waals surface area contributed by atoms with E-state index in [0.29, 0.717) is 35.6 Å². The van der Waals surface area contributed by atoms with Crippen LogP contribution in [0.4, 0.5) is 17.6 Å². The maximum Gasteiger partial charge on any atom is 0.200 e. The van der Waals surface area contributed by atoms with Crippen LogP contribution in [0, 0.1) is 35.1 Å². The van der Waals surface area contributed by atoms with Gasteiger partial charge in [0.25, 0.3) is 0 Å². The van der Waals surface area contributed by atoms with Crippen LogP contribution in [-0.2, 0) is 6.42 Å². The second-order valence-corrected chi connectivity index (χ2v) is 10.6. The first kappa shape index (κ1) is 26.0. The Bertz CT molecular complexity index is 988. The molecule has 2 saturated carbocycles. The van der Waals surface area contributed by atoms with Gasteiger partial charge in [-0.3, -0.25) is 0 Å². The van der Waals surface area contributed by atoms with Crippen molar-refractivity contribution in [3.05, 3.63) is 64.2 Å². The molecule has 2 aliphatic carbocycles. The van der Waals surface area contributed by atoms with Crippen molar-refractivity contribution in [2.24, 2.45) is 11.8 Å². The summed E-state index contributed by atoms with van der Waals surface area (Å²) in [5, 5.41) is 0. The van der Waals surface area contributed by atoms with Gasteiger partial charge in [-0.15, -0.1) is 0 Å². The molecule has 0 saturated heterocycles. The fourth-order valence-electron chi connectivity index (χ4n) is 6.18. The predicted molar refractivity (Wildman–Crippen MR) is 132 cm³/mol. The van der Waals surface area contributed by atoms with Crippen molar-refractivity contribution >= 4 is 0 Å². The molecule has 2 aromatic carbocycles. The highest BCUT2D eigenvalue weighted by Crippen LogP contribution is 2.41. The Labute approximate surface area is 207 Å². The van der Waals surface area contributed by atoms with Crippen LogP contribution in [0.5, 0.6) is 5.75 Å². The van der Waals surface area contributed by atoms with Crippen LogP contribution in [0.15, 0.2) is 24.3 Å². The van der Waals surface area contributed by atoms with Gasteiger partial charge in [-0.05, 0) is 104 Å². The topological polar surface area (TPSA) is 9.23 Å². The normalized spacial score (nSPS) is 25.0. The van der Waals surface area contributed by atoms with Gasteiger partial charge in [0.1, 0.15) is 0 Å². The van der Waals surface area contributed by atoms with Crippen LogP contribution in [0.2, 0.25) is 0 Å². The lowest BCUT2D eigenvalue weighted by atomic mass is 9.77. The molecule has 4 rings (SSSR count). The molecule has 2 aromatic rings. The van der Waals surface area contributed by atoms with Crippen molar-refractivity contribution in [3.63, 3.8) is 0 Å². The van der Waals surface area contributed by atoms with E-state index in [1.807, 2.05) is 6.92 Å². The summed E-state index contributed by atoms with van der Waals surface area (Å²) in [7, 11) is 0. The minimum atomic E-state index is -0.888. The van der Waals surface area contributed by atoms with Gasteiger partial charge < -0.3 is 4.74 Å². The van der Waals surface area contributed by atoms with Gasteiger partial charge in [-0.2, -0.15) is 4.39 Å². The molecular formula is C30H38F4O. The summed E-state index contributed by atoms with van der Waals surface area (Å²) in [6.45, 7) is 4.30. The predicted octanol–water partition coefficient (Wildman–Crippen LogP) is 9.23. The standard InChI is InChI=1S/C30H38F4O/c1-3-5-19-6-10-22(11-7-19)25-16-17-26(30(34)29(25)33)35-18-20-8-12-23(13-9-20)24-15-14-21(4-2)27(31)28(24)32/h14-17,19-20,22-23H,3-13,18H2,1-2H3. The van der Waals surface area contributed by atoms with Crippen molar-refractivity contribution in [1.82, 2.24) is 0 Å². The molecule has 0 N–H and O–H groups in total. The molecule has 0 heterocycles. The fourth-order valence-corrected chi connectivity index (χ4v) is 6.18. The maximum absolute atomic E-state index is 14.9.